The first kappa shape index (κ1) is 19.1. The fourth-order valence-corrected chi connectivity index (χ4v) is 1.98. The number of ether oxygens (including phenoxy) is 2. The van der Waals surface area contributed by atoms with Crippen LogP contribution in [0.4, 0.5) is 4.79 Å². The van der Waals surface area contributed by atoms with Gasteiger partial charge in [0.05, 0.1) is 0 Å². The first-order chi connectivity index (χ1) is 11.7. The van der Waals surface area contributed by atoms with Crippen LogP contribution in [-0.4, -0.2) is 35.7 Å². The summed E-state index contributed by atoms with van der Waals surface area (Å²) in [6.07, 6.45) is 0.677. The SMILES string of the molecule is CC(OC(=O)C(C)(C)Oc1ccc(Cl)cc1)C(=O)NC(=O)NC1CC1. The molecule has 136 valence electrons. The van der Waals surface area contributed by atoms with Crippen molar-refractivity contribution < 1.29 is 23.9 Å². The lowest BCUT2D eigenvalue weighted by Crippen LogP contribution is -2.48. The van der Waals surface area contributed by atoms with Crippen molar-refractivity contribution in [2.24, 2.45) is 0 Å². The van der Waals surface area contributed by atoms with Gasteiger partial charge in [-0.1, -0.05) is 11.6 Å². The Kier molecular flexibility index (Phi) is 5.89. The van der Waals surface area contributed by atoms with Gasteiger partial charge in [0, 0.05) is 11.1 Å². The molecule has 3 amide bonds. The van der Waals surface area contributed by atoms with Gasteiger partial charge in [-0.25, -0.2) is 9.59 Å². The zero-order chi connectivity index (χ0) is 18.6. The Hall–Kier alpha value is -2.28. The lowest BCUT2D eigenvalue weighted by atomic mass is 10.1. The summed E-state index contributed by atoms with van der Waals surface area (Å²) in [6, 6.07) is 6.04. The first-order valence-corrected chi connectivity index (χ1v) is 8.32. The number of halogens is 1. The van der Waals surface area contributed by atoms with E-state index in [-0.39, 0.29) is 6.04 Å². The van der Waals surface area contributed by atoms with Crippen LogP contribution in [0.15, 0.2) is 24.3 Å². The third-order valence-corrected chi connectivity index (χ3v) is 3.73. The molecule has 7 nitrogen and oxygen atoms in total. The Labute approximate surface area is 151 Å². The number of amides is 3. The summed E-state index contributed by atoms with van der Waals surface area (Å²) in [4.78, 5) is 35.7. The van der Waals surface area contributed by atoms with Gasteiger partial charge in [0.1, 0.15) is 5.75 Å². The topological polar surface area (TPSA) is 93.7 Å². The van der Waals surface area contributed by atoms with Crippen molar-refractivity contribution in [1.29, 1.82) is 0 Å². The largest absolute Gasteiger partial charge is 0.476 e. The van der Waals surface area contributed by atoms with E-state index in [1.165, 1.54) is 20.8 Å². The van der Waals surface area contributed by atoms with Crippen LogP contribution in [0.3, 0.4) is 0 Å². The van der Waals surface area contributed by atoms with Crippen molar-refractivity contribution in [1.82, 2.24) is 10.6 Å². The van der Waals surface area contributed by atoms with E-state index in [1.54, 1.807) is 24.3 Å². The average Bonchev–Trinajstić information content (AvgIpc) is 3.32. The average molecular weight is 369 g/mol. The summed E-state index contributed by atoms with van der Waals surface area (Å²) >= 11 is 5.80. The van der Waals surface area contributed by atoms with E-state index in [9.17, 15) is 14.4 Å². The van der Waals surface area contributed by atoms with E-state index in [2.05, 4.69) is 10.6 Å². The van der Waals surface area contributed by atoms with Crippen molar-refractivity contribution in [2.45, 2.75) is 51.4 Å². The maximum atomic E-state index is 12.3. The number of carbonyl (C=O) groups excluding carboxylic acids is 3. The monoisotopic (exact) mass is 368 g/mol. The van der Waals surface area contributed by atoms with E-state index >= 15 is 0 Å². The van der Waals surface area contributed by atoms with Crippen molar-refractivity contribution in [3.05, 3.63) is 29.3 Å². The summed E-state index contributed by atoms with van der Waals surface area (Å²) in [7, 11) is 0. The molecule has 2 rings (SSSR count). The molecule has 0 aromatic heterocycles. The second-order valence-electron chi connectivity index (χ2n) is 6.35. The third kappa shape index (κ3) is 5.94. The Morgan fingerprint density at radius 3 is 2.36 bits per heavy atom. The van der Waals surface area contributed by atoms with Gasteiger partial charge in [0.25, 0.3) is 5.91 Å². The number of hydrogen-bond acceptors (Lipinski definition) is 5. The molecule has 1 fully saturated rings. The number of nitrogens with one attached hydrogen (secondary N) is 2. The fraction of sp³-hybridized carbons (Fsp3) is 0.471. The van der Waals surface area contributed by atoms with Crippen molar-refractivity contribution >= 4 is 29.5 Å². The van der Waals surface area contributed by atoms with Gasteiger partial charge >= 0.3 is 12.0 Å². The van der Waals surface area contributed by atoms with Gasteiger partial charge < -0.3 is 14.8 Å². The third-order valence-electron chi connectivity index (χ3n) is 3.48. The van der Waals surface area contributed by atoms with E-state index in [4.69, 9.17) is 21.1 Å². The Bertz CT molecular complexity index is 656. The lowest BCUT2D eigenvalue weighted by Gasteiger charge is -2.26. The molecule has 1 saturated carbocycles. The number of carbonyl (C=O) groups is 3. The molecule has 1 unspecified atom stereocenters. The molecule has 0 bridgehead atoms. The van der Waals surface area contributed by atoms with Gasteiger partial charge in [-0.05, 0) is 57.9 Å². The highest BCUT2D eigenvalue weighted by Gasteiger charge is 2.35. The lowest BCUT2D eigenvalue weighted by molar-refractivity contribution is -0.167. The van der Waals surface area contributed by atoms with Crippen LogP contribution in [0.25, 0.3) is 0 Å². The van der Waals surface area contributed by atoms with Gasteiger partial charge in [-0.15, -0.1) is 0 Å². The minimum Gasteiger partial charge on any atom is -0.476 e. The summed E-state index contributed by atoms with van der Waals surface area (Å²) in [6.45, 7) is 4.43. The number of imide groups is 1. The molecule has 0 spiro atoms. The van der Waals surface area contributed by atoms with Gasteiger partial charge in [0.15, 0.2) is 11.7 Å². The fourth-order valence-electron chi connectivity index (χ4n) is 1.86. The van der Waals surface area contributed by atoms with E-state index in [0.29, 0.717) is 10.8 Å². The minimum atomic E-state index is -1.32. The number of esters is 1. The second kappa shape index (κ2) is 7.74. The smallest absolute Gasteiger partial charge is 0.350 e. The van der Waals surface area contributed by atoms with Gasteiger partial charge in [-0.2, -0.15) is 0 Å². The predicted molar refractivity (Wildman–Crippen MR) is 91.4 cm³/mol. The summed E-state index contributed by atoms with van der Waals surface area (Å²) < 4.78 is 10.7. The highest BCUT2D eigenvalue weighted by Crippen LogP contribution is 2.22. The zero-order valence-corrected chi connectivity index (χ0v) is 15.1. The van der Waals surface area contributed by atoms with Crippen LogP contribution >= 0.6 is 11.6 Å². The summed E-state index contributed by atoms with van der Waals surface area (Å²) in [5, 5.41) is 5.30. The van der Waals surface area contributed by atoms with Crippen molar-refractivity contribution in [3.8, 4) is 5.75 Å². The van der Waals surface area contributed by atoms with Gasteiger partial charge in [-0.3, -0.25) is 10.1 Å². The van der Waals surface area contributed by atoms with Crippen LogP contribution in [0.5, 0.6) is 5.75 Å². The first-order valence-electron chi connectivity index (χ1n) is 7.94. The molecule has 1 atom stereocenters. The molecule has 0 aliphatic heterocycles. The van der Waals surface area contributed by atoms with Crippen LogP contribution in [0.1, 0.15) is 33.6 Å². The molecule has 0 heterocycles. The highest BCUT2D eigenvalue weighted by atomic mass is 35.5. The van der Waals surface area contributed by atoms with Gasteiger partial charge in [0.2, 0.25) is 0 Å². The molecule has 1 aromatic carbocycles. The Balaban J connectivity index is 1.86. The number of rotatable bonds is 6. The molecule has 25 heavy (non-hydrogen) atoms. The predicted octanol–water partition coefficient (Wildman–Crippen LogP) is 2.42. The molecule has 2 N–H and O–H groups in total. The quantitative estimate of drug-likeness (QED) is 0.752. The number of benzene rings is 1. The molecular weight excluding hydrogens is 348 g/mol. The second-order valence-corrected chi connectivity index (χ2v) is 6.79. The van der Waals surface area contributed by atoms with E-state index in [1.807, 2.05) is 0 Å². The van der Waals surface area contributed by atoms with Crippen LogP contribution < -0.4 is 15.4 Å². The molecule has 1 aromatic rings. The summed E-state index contributed by atoms with van der Waals surface area (Å²) in [5.41, 5.74) is -1.32. The highest BCUT2D eigenvalue weighted by molar-refractivity contribution is 6.30. The molecule has 1 aliphatic carbocycles. The normalized spacial score (nSPS) is 15.0. The number of urea groups is 1. The van der Waals surface area contributed by atoms with E-state index < -0.39 is 29.6 Å². The minimum absolute atomic E-state index is 0.123. The van der Waals surface area contributed by atoms with Crippen LogP contribution in [0, 0.1) is 0 Å². The Morgan fingerprint density at radius 2 is 1.80 bits per heavy atom. The van der Waals surface area contributed by atoms with E-state index in [0.717, 1.165) is 12.8 Å². The Morgan fingerprint density at radius 1 is 1.20 bits per heavy atom. The number of hydrogen-bond donors (Lipinski definition) is 2. The van der Waals surface area contributed by atoms with Crippen LogP contribution in [-0.2, 0) is 14.3 Å². The molecule has 0 saturated heterocycles. The molecule has 8 heteroatoms. The summed E-state index contributed by atoms with van der Waals surface area (Å²) in [5.74, 6) is -0.992. The standard InChI is InChI=1S/C17H21ClN2O5/c1-10(14(21)20-16(23)19-12-6-7-12)24-15(22)17(2,3)25-13-8-4-11(18)5-9-13/h4-5,8-10,12H,6-7H2,1-3H3,(H2,19,20,21,23). The van der Waals surface area contributed by atoms with Crippen molar-refractivity contribution in [3.63, 3.8) is 0 Å². The molecular formula is C17H21ClN2O5. The van der Waals surface area contributed by atoms with Crippen LogP contribution in [0.2, 0.25) is 5.02 Å². The maximum absolute atomic E-state index is 12.3. The molecule has 1 aliphatic rings. The maximum Gasteiger partial charge on any atom is 0.350 e. The zero-order valence-electron chi connectivity index (χ0n) is 14.3. The van der Waals surface area contributed by atoms with Crippen molar-refractivity contribution in [2.75, 3.05) is 0 Å². The molecule has 0 radical (unpaired) electrons.